The zero-order valence-corrected chi connectivity index (χ0v) is 26.5. The van der Waals surface area contributed by atoms with Crippen molar-refractivity contribution in [3.05, 3.63) is 92.5 Å². The number of fused-ring (bicyclic) bond motifs is 2. The van der Waals surface area contributed by atoms with E-state index in [-0.39, 0.29) is 29.6 Å². The van der Waals surface area contributed by atoms with Gasteiger partial charge in [0.25, 0.3) is 11.5 Å². The van der Waals surface area contributed by atoms with E-state index in [9.17, 15) is 20.1 Å². The number of hydrogen-bond donors (Lipinski definition) is 0. The Hall–Kier alpha value is -4.57. The maximum atomic E-state index is 14.3. The van der Waals surface area contributed by atoms with Gasteiger partial charge in [-0.3, -0.25) is 9.59 Å². The average Bonchev–Trinajstić information content (AvgIpc) is 3.45. The van der Waals surface area contributed by atoms with E-state index < -0.39 is 0 Å². The van der Waals surface area contributed by atoms with E-state index in [4.69, 9.17) is 11.6 Å². The van der Waals surface area contributed by atoms with Crippen LogP contribution in [0.2, 0.25) is 5.02 Å². The van der Waals surface area contributed by atoms with Crippen molar-refractivity contribution in [3.8, 4) is 12.1 Å². The van der Waals surface area contributed by atoms with Crippen LogP contribution in [-0.2, 0) is 24.3 Å². The molecule has 2 aromatic carbocycles. The minimum Gasteiger partial charge on any atom is -0.365 e. The fourth-order valence-corrected chi connectivity index (χ4v) is 7.42. The average molecular weight is 622 g/mol. The number of aromatic nitrogens is 1. The topological polar surface area (TPSA) is 99.6 Å². The lowest BCUT2D eigenvalue weighted by molar-refractivity contribution is -0.125. The van der Waals surface area contributed by atoms with E-state index in [1.54, 1.807) is 11.8 Å². The van der Waals surface area contributed by atoms with E-state index in [1.807, 2.05) is 27.7 Å². The lowest BCUT2D eigenvalue weighted by Gasteiger charge is -2.41. The van der Waals surface area contributed by atoms with Gasteiger partial charge in [-0.25, -0.2) is 0 Å². The van der Waals surface area contributed by atoms with Crippen LogP contribution in [0.15, 0.2) is 65.1 Å². The molecule has 4 heterocycles. The molecule has 2 fully saturated rings. The lowest BCUT2D eigenvalue weighted by atomic mass is 9.96. The normalized spacial score (nSPS) is 19.4. The fourth-order valence-electron chi connectivity index (χ4n) is 7.14. The molecule has 0 saturated carbocycles. The summed E-state index contributed by atoms with van der Waals surface area (Å²) in [6.45, 7) is 9.05. The molecule has 0 radical (unpaired) electrons. The van der Waals surface area contributed by atoms with Crippen LogP contribution in [0.3, 0.4) is 0 Å². The molecule has 9 nitrogen and oxygen atoms in total. The number of benzene rings is 2. The van der Waals surface area contributed by atoms with Gasteiger partial charge in [0, 0.05) is 66.2 Å². The summed E-state index contributed by atoms with van der Waals surface area (Å²) in [6.07, 6.45) is 4.05. The van der Waals surface area contributed by atoms with Gasteiger partial charge in [-0.05, 0) is 57.3 Å². The molecule has 1 amide bonds. The summed E-state index contributed by atoms with van der Waals surface area (Å²) in [5.41, 5.74) is 4.24. The first-order valence-corrected chi connectivity index (χ1v) is 15.7. The van der Waals surface area contributed by atoms with Crippen molar-refractivity contribution in [1.82, 2.24) is 14.4 Å². The van der Waals surface area contributed by atoms with E-state index in [1.165, 1.54) is 6.08 Å². The molecule has 1 unspecified atom stereocenters. The third-order valence-corrected chi connectivity index (χ3v) is 9.74. The van der Waals surface area contributed by atoms with Crippen molar-refractivity contribution < 1.29 is 4.79 Å². The van der Waals surface area contributed by atoms with Gasteiger partial charge in [0.1, 0.15) is 11.6 Å². The molecule has 0 bridgehead atoms. The Morgan fingerprint density at radius 1 is 1.09 bits per heavy atom. The highest BCUT2D eigenvalue weighted by Crippen LogP contribution is 2.38. The second-order valence-corrected chi connectivity index (χ2v) is 12.6. The quantitative estimate of drug-likeness (QED) is 0.298. The van der Waals surface area contributed by atoms with Crippen LogP contribution in [0, 0.1) is 22.7 Å². The molecule has 3 aromatic rings. The predicted molar refractivity (Wildman–Crippen MR) is 177 cm³/mol. The molecule has 6 rings (SSSR count). The molecule has 0 aliphatic carbocycles. The summed E-state index contributed by atoms with van der Waals surface area (Å²) in [4.78, 5) is 35.4. The highest BCUT2D eigenvalue weighted by atomic mass is 35.5. The molecule has 0 spiro atoms. The second-order valence-electron chi connectivity index (χ2n) is 12.2. The Balaban J connectivity index is 1.48. The smallest absolute Gasteiger partial charge is 0.270 e. The summed E-state index contributed by atoms with van der Waals surface area (Å²) in [7, 11) is 2.09. The van der Waals surface area contributed by atoms with Crippen molar-refractivity contribution in [2.75, 3.05) is 49.6 Å². The summed E-state index contributed by atoms with van der Waals surface area (Å²) < 4.78 is 1.84. The van der Waals surface area contributed by atoms with Crippen LogP contribution in [0.1, 0.15) is 36.6 Å². The molecule has 45 heavy (non-hydrogen) atoms. The van der Waals surface area contributed by atoms with Crippen LogP contribution in [-0.4, -0.2) is 66.1 Å². The van der Waals surface area contributed by atoms with Crippen LogP contribution < -0.4 is 15.4 Å². The number of amides is 1. The molecule has 3 aliphatic rings. The summed E-state index contributed by atoms with van der Waals surface area (Å²) in [5.74, 6) is -0.237. The number of halogens is 1. The van der Waals surface area contributed by atoms with Crippen LogP contribution in [0.5, 0.6) is 0 Å². The van der Waals surface area contributed by atoms with E-state index in [0.29, 0.717) is 61.1 Å². The number of piperazine rings is 1. The van der Waals surface area contributed by atoms with Gasteiger partial charge in [-0.2, -0.15) is 10.5 Å². The lowest BCUT2D eigenvalue weighted by Crippen LogP contribution is -2.49. The van der Waals surface area contributed by atoms with Gasteiger partial charge in [0.15, 0.2) is 0 Å². The third kappa shape index (κ3) is 5.48. The molecule has 10 heteroatoms. The van der Waals surface area contributed by atoms with Crippen LogP contribution >= 0.6 is 11.6 Å². The maximum absolute atomic E-state index is 14.3. The number of nitrogens with zero attached hydrogens (tertiary/aromatic N) is 7. The second kappa shape index (κ2) is 12.4. The minimum atomic E-state index is -0.296. The van der Waals surface area contributed by atoms with Crippen molar-refractivity contribution in [2.45, 2.75) is 45.3 Å². The highest BCUT2D eigenvalue weighted by Gasteiger charge is 2.35. The number of nitriles is 2. The molecule has 1 atom stereocenters. The van der Waals surface area contributed by atoms with E-state index in [0.717, 1.165) is 47.1 Å². The van der Waals surface area contributed by atoms with Crippen molar-refractivity contribution >= 4 is 39.7 Å². The molecule has 0 N–H and O–H groups in total. The number of anilines is 2. The van der Waals surface area contributed by atoms with Gasteiger partial charge in [-0.1, -0.05) is 42.4 Å². The molecular formula is C35H36ClN7O2. The zero-order valence-electron chi connectivity index (χ0n) is 25.7. The SMILES string of the molecule is C=C(C)C(=O)N1CCN(c2c3c(n(CC4CCCN4C)c(=O)c2C#N)CN(c2cccc4cccc(Cl)c24)CC3)CC1=CC#N. The Kier molecular flexibility index (Phi) is 8.42. The maximum Gasteiger partial charge on any atom is 0.270 e. The number of likely N-dealkylation sites (tertiary alicyclic amines) is 1. The Morgan fingerprint density at radius 2 is 1.87 bits per heavy atom. The largest absolute Gasteiger partial charge is 0.365 e. The van der Waals surface area contributed by atoms with E-state index in [2.05, 4.69) is 53.8 Å². The number of hydrogen-bond acceptors (Lipinski definition) is 7. The van der Waals surface area contributed by atoms with Crippen LogP contribution in [0.25, 0.3) is 10.8 Å². The number of pyridine rings is 1. The van der Waals surface area contributed by atoms with Crippen molar-refractivity contribution in [1.29, 1.82) is 10.5 Å². The Labute approximate surface area is 268 Å². The molecular weight excluding hydrogens is 586 g/mol. The number of likely N-dealkylation sites (N-methyl/N-ethyl adjacent to an activating group) is 1. The monoisotopic (exact) mass is 621 g/mol. The first-order chi connectivity index (χ1) is 21.7. The number of carbonyl (C=O) groups is 1. The van der Waals surface area contributed by atoms with Gasteiger partial charge in [0.05, 0.1) is 35.6 Å². The Bertz CT molecular complexity index is 1880. The molecule has 3 aliphatic heterocycles. The van der Waals surface area contributed by atoms with Gasteiger partial charge in [0.2, 0.25) is 0 Å². The minimum absolute atomic E-state index is 0.118. The number of allylic oxidation sites excluding steroid dienone is 1. The first kappa shape index (κ1) is 30.5. The molecule has 1 aromatic heterocycles. The molecule has 2 saturated heterocycles. The zero-order chi connectivity index (χ0) is 31.8. The number of carbonyl (C=O) groups excluding carboxylic acids is 1. The molecule has 230 valence electrons. The van der Waals surface area contributed by atoms with Gasteiger partial charge in [-0.15, -0.1) is 0 Å². The third-order valence-electron chi connectivity index (χ3n) is 9.43. The van der Waals surface area contributed by atoms with Crippen LogP contribution in [0.4, 0.5) is 11.4 Å². The van der Waals surface area contributed by atoms with Crippen molar-refractivity contribution in [3.63, 3.8) is 0 Å². The first-order valence-electron chi connectivity index (χ1n) is 15.4. The summed E-state index contributed by atoms with van der Waals surface area (Å²) >= 11 is 6.74. The highest BCUT2D eigenvalue weighted by molar-refractivity contribution is 6.36. The van der Waals surface area contributed by atoms with Gasteiger partial charge < -0.3 is 24.2 Å². The number of rotatable bonds is 5. The van der Waals surface area contributed by atoms with Gasteiger partial charge >= 0.3 is 0 Å². The standard InChI is InChI=1S/C35H36ClN7O2/c1-23(2)34(44)42-18-17-41(20-26(42)12-14-37)33-27-13-16-40(30-11-5-8-24-7-4-10-29(36)32(24)30)22-31(27)43(35(45)28(33)19-38)21-25-9-6-15-39(25)3/h4-5,7-8,10-12,25H,1,6,9,13,15-18,20-22H2,2-3H3. The summed E-state index contributed by atoms with van der Waals surface area (Å²) in [6, 6.07) is 16.6. The van der Waals surface area contributed by atoms with Crippen molar-refractivity contribution in [2.24, 2.45) is 0 Å². The predicted octanol–water partition coefficient (Wildman–Crippen LogP) is 4.82. The fraction of sp³-hybridized carbons (Fsp3) is 0.371. The summed E-state index contributed by atoms with van der Waals surface area (Å²) in [5, 5.41) is 22.7. The Morgan fingerprint density at radius 3 is 2.56 bits per heavy atom. The van der Waals surface area contributed by atoms with E-state index >= 15 is 0 Å².